The van der Waals surface area contributed by atoms with Gasteiger partial charge in [0.1, 0.15) is 6.07 Å². The van der Waals surface area contributed by atoms with Gasteiger partial charge in [-0.05, 0) is 31.7 Å². The molecule has 0 bridgehead atoms. The molecule has 1 fully saturated rings. The summed E-state index contributed by atoms with van der Waals surface area (Å²) in [6.45, 7) is 0. The minimum Gasteiger partial charge on any atom is -0.370 e. The minimum atomic E-state index is 0.333. The zero-order valence-corrected chi connectivity index (χ0v) is 12.3. The number of nitriles is 1. The second-order valence-electron chi connectivity index (χ2n) is 5.83. The van der Waals surface area contributed by atoms with Gasteiger partial charge in [-0.3, -0.25) is 4.98 Å². The molecule has 2 N–H and O–H groups in total. The second kappa shape index (κ2) is 5.71. The summed E-state index contributed by atoms with van der Waals surface area (Å²) >= 11 is 0. The van der Waals surface area contributed by atoms with E-state index in [-0.39, 0.29) is 0 Å². The van der Waals surface area contributed by atoms with E-state index in [2.05, 4.69) is 23.0 Å². The summed E-state index contributed by atoms with van der Waals surface area (Å²) in [5.74, 6) is 0. The molecule has 1 heterocycles. The predicted octanol–water partition coefficient (Wildman–Crippen LogP) is 2.81. The lowest BCUT2D eigenvalue weighted by molar-refractivity contribution is 0.385. The fourth-order valence-electron chi connectivity index (χ4n) is 3.26. The molecular weight excluding hydrogens is 260 g/mol. The Balaban J connectivity index is 2.04. The molecule has 1 aromatic heterocycles. The third kappa shape index (κ3) is 2.57. The van der Waals surface area contributed by atoms with E-state index in [1.165, 1.54) is 0 Å². The molecule has 0 aliphatic heterocycles. The van der Waals surface area contributed by atoms with Gasteiger partial charge >= 0.3 is 0 Å². The summed E-state index contributed by atoms with van der Waals surface area (Å²) in [6.07, 6.45) is 5.96. The monoisotopic (exact) mass is 280 g/mol. The van der Waals surface area contributed by atoms with E-state index in [0.29, 0.717) is 17.6 Å². The zero-order valence-electron chi connectivity index (χ0n) is 12.3. The van der Waals surface area contributed by atoms with Crippen molar-refractivity contribution < 1.29 is 0 Å². The molecule has 0 atom stereocenters. The number of nitrogens with two attached hydrogens (primary N) is 1. The van der Waals surface area contributed by atoms with Gasteiger partial charge in [-0.15, -0.1) is 0 Å². The van der Waals surface area contributed by atoms with E-state index in [9.17, 15) is 5.26 Å². The van der Waals surface area contributed by atoms with Crippen LogP contribution in [0.1, 0.15) is 31.2 Å². The summed E-state index contributed by atoms with van der Waals surface area (Å²) in [5, 5.41) is 10.5. The van der Waals surface area contributed by atoms with Crippen molar-refractivity contribution in [3.8, 4) is 6.07 Å². The van der Waals surface area contributed by atoms with Crippen LogP contribution in [0.2, 0.25) is 0 Å². The molecular formula is C17H20N4. The SMILES string of the molecule is CN(c1c(C#N)cnc2ccccc12)C1CCC(N)CC1. The maximum Gasteiger partial charge on any atom is 0.103 e. The van der Waals surface area contributed by atoms with Crippen molar-refractivity contribution in [3.05, 3.63) is 36.0 Å². The molecule has 1 saturated carbocycles. The molecule has 2 aromatic rings. The highest BCUT2D eigenvalue weighted by atomic mass is 15.1. The number of hydrogen-bond donors (Lipinski definition) is 1. The number of anilines is 1. The lowest BCUT2D eigenvalue weighted by Crippen LogP contribution is -2.39. The van der Waals surface area contributed by atoms with Gasteiger partial charge in [0, 0.05) is 30.7 Å². The van der Waals surface area contributed by atoms with Crippen LogP contribution in [0.3, 0.4) is 0 Å². The van der Waals surface area contributed by atoms with E-state index in [1.54, 1.807) is 6.20 Å². The standard InChI is InChI=1S/C17H20N4/c1-21(14-8-6-13(19)7-9-14)17-12(10-18)11-20-16-5-3-2-4-15(16)17/h2-5,11,13-14H,6-9,19H2,1H3. The average molecular weight is 280 g/mol. The molecule has 0 radical (unpaired) electrons. The van der Waals surface area contributed by atoms with E-state index in [1.807, 2.05) is 24.3 Å². The van der Waals surface area contributed by atoms with Crippen molar-refractivity contribution in [2.75, 3.05) is 11.9 Å². The number of benzene rings is 1. The normalized spacial score (nSPS) is 22.0. The van der Waals surface area contributed by atoms with Gasteiger partial charge in [-0.1, -0.05) is 18.2 Å². The van der Waals surface area contributed by atoms with E-state index in [4.69, 9.17) is 5.73 Å². The molecule has 0 spiro atoms. The number of fused-ring (bicyclic) bond motifs is 1. The lowest BCUT2D eigenvalue weighted by atomic mass is 9.90. The average Bonchev–Trinajstić information content (AvgIpc) is 2.53. The molecule has 0 saturated heterocycles. The molecule has 0 unspecified atom stereocenters. The summed E-state index contributed by atoms with van der Waals surface area (Å²) in [6, 6.07) is 11.1. The first kappa shape index (κ1) is 13.8. The zero-order chi connectivity index (χ0) is 14.8. The fraction of sp³-hybridized carbons (Fsp3) is 0.412. The first-order valence-electron chi connectivity index (χ1n) is 7.47. The molecule has 4 heteroatoms. The Hall–Kier alpha value is -2.12. The van der Waals surface area contributed by atoms with E-state index < -0.39 is 0 Å². The van der Waals surface area contributed by atoms with Crippen molar-refractivity contribution in [2.45, 2.75) is 37.8 Å². The Morgan fingerprint density at radius 3 is 2.67 bits per heavy atom. The van der Waals surface area contributed by atoms with E-state index in [0.717, 1.165) is 42.3 Å². The third-order valence-electron chi connectivity index (χ3n) is 4.51. The molecule has 4 nitrogen and oxygen atoms in total. The van der Waals surface area contributed by atoms with Crippen LogP contribution >= 0.6 is 0 Å². The molecule has 1 aliphatic carbocycles. The number of para-hydroxylation sites is 1. The summed E-state index contributed by atoms with van der Waals surface area (Å²) < 4.78 is 0. The lowest BCUT2D eigenvalue weighted by Gasteiger charge is -2.35. The number of aromatic nitrogens is 1. The molecule has 1 aromatic carbocycles. The van der Waals surface area contributed by atoms with Crippen LogP contribution in [0.15, 0.2) is 30.5 Å². The Kier molecular flexibility index (Phi) is 3.76. The third-order valence-corrected chi connectivity index (χ3v) is 4.51. The largest absolute Gasteiger partial charge is 0.370 e. The Morgan fingerprint density at radius 2 is 1.95 bits per heavy atom. The number of hydrogen-bond acceptors (Lipinski definition) is 4. The van der Waals surface area contributed by atoms with E-state index >= 15 is 0 Å². The van der Waals surface area contributed by atoms with Gasteiger partial charge in [0.05, 0.1) is 16.8 Å². The molecule has 21 heavy (non-hydrogen) atoms. The summed E-state index contributed by atoms with van der Waals surface area (Å²) in [7, 11) is 2.09. The highest BCUT2D eigenvalue weighted by Gasteiger charge is 2.24. The maximum atomic E-state index is 9.43. The predicted molar refractivity (Wildman–Crippen MR) is 85.1 cm³/mol. The van der Waals surface area contributed by atoms with Crippen LogP contribution < -0.4 is 10.6 Å². The van der Waals surface area contributed by atoms with Crippen molar-refractivity contribution in [2.24, 2.45) is 5.73 Å². The van der Waals surface area contributed by atoms with Crippen LogP contribution in [-0.4, -0.2) is 24.1 Å². The van der Waals surface area contributed by atoms with Crippen LogP contribution in [0.5, 0.6) is 0 Å². The first-order chi connectivity index (χ1) is 10.2. The van der Waals surface area contributed by atoms with Crippen LogP contribution in [0.4, 0.5) is 5.69 Å². The molecule has 108 valence electrons. The van der Waals surface area contributed by atoms with Crippen molar-refractivity contribution in [3.63, 3.8) is 0 Å². The minimum absolute atomic E-state index is 0.333. The van der Waals surface area contributed by atoms with Crippen molar-refractivity contribution >= 4 is 16.6 Å². The van der Waals surface area contributed by atoms with Gasteiger partial charge in [0.25, 0.3) is 0 Å². The summed E-state index contributed by atoms with van der Waals surface area (Å²) in [5.41, 5.74) is 8.59. The molecule has 0 amide bonds. The van der Waals surface area contributed by atoms with Crippen molar-refractivity contribution in [1.82, 2.24) is 4.98 Å². The highest BCUT2D eigenvalue weighted by molar-refractivity contribution is 5.94. The van der Waals surface area contributed by atoms with Crippen molar-refractivity contribution in [1.29, 1.82) is 5.26 Å². The Morgan fingerprint density at radius 1 is 1.24 bits per heavy atom. The number of rotatable bonds is 2. The number of nitrogens with zero attached hydrogens (tertiary/aromatic N) is 3. The van der Waals surface area contributed by atoms with Gasteiger partial charge in [-0.2, -0.15) is 5.26 Å². The van der Waals surface area contributed by atoms with Gasteiger partial charge in [0.2, 0.25) is 0 Å². The quantitative estimate of drug-likeness (QED) is 0.918. The number of pyridine rings is 1. The molecule has 1 aliphatic rings. The smallest absolute Gasteiger partial charge is 0.103 e. The van der Waals surface area contributed by atoms with Crippen LogP contribution in [0.25, 0.3) is 10.9 Å². The van der Waals surface area contributed by atoms with Crippen LogP contribution in [0, 0.1) is 11.3 Å². The van der Waals surface area contributed by atoms with Crippen LogP contribution in [-0.2, 0) is 0 Å². The highest BCUT2D eigenvalue weighted by Crippen LogP contribution is 2.33. The Labute approximate surface area is 125 Å². The topological polar surface area (TPSA) is 65.9 Å². The van der Waals surface area contributed by atoms with Gasteiger partial charge < -0.3 is 10.6 Å². The Bertz CT molecular complexity index is 681. The first-order valence-corrected chi connectivity index (χ1v) is 7.47. The fourth-order valence-corrected chi connectivity index (χ4v) is 3.26. The summed E-state index contributed by atoms with van der Waals surface area (Å²) in [4.78, 5) is 6.64. The second-order valence-corrected chi connectivity index (χ2v) is 5.83. The van der Waals surface area contributed by atoms with Gasteiger partial charge in [0.15, 0.2) is 0 Å². The van der Waals surface area contributed by atoms with Gasteiger partial charge in [-0.25, -0.2) is 0 Å². The maximum absolute atomic E-state index is 9.43. The molecule has 3 rings (SSSR count).